The minimum absolute atomic E-state index is 0.0440. The lowest BCUT2D eigenvalue weighted by Crippen LogP contribution is -2.42. The summed E-state index contributed by atoms with van der Waals surface area (Å²) >= 11 is 0. The molecule has 2 aromatic rings. The fourth-order valence-electron chi connectivity index (χ4n) is 3.45. The first-order valence-corrected chi connectivity index (χ1v) is 11.2. The van der Waals surface area contributed by atoms with Crippen LogP contribution in [0.1, 0.15) is 44.0 Å². The zero-order valence-corrected chi connectivity index (χ0v) is 21.0. The van der Waals surface area contributed by atoms with Gasteiger partial charge < -0.3 is 20.2 Å². The number of pyridine rings is 1. The maximum absolute atomic E-state index is 12.9. The van der Waals surface area contributed by atoms with Gasteiger partial charge in [0.05, 0.1) is 11.1 Å². The zero-order valence-electron chi connectivity index (χ0n) is 21.0. The molecule has 0 bridgehead atoms. The Morgan fingerprint density at radius 1 is 1.29 bits per heavy atom. The topological polar surface area (TPSA) is 136 Å². The van der Waals surface area contributed by atoms with E-state index in [1.165, 1.54) is 18.1 Å². The molecular weight excluding hydrogens is 448 g/mol. The molecule has 0 saturated heterocycles. The van der Waals surface area contributed by atoms with Gasteiger partial charge in [-0.2, -0.15) is 4.99 Å². The number of hydrogen-bond donors (Lipinski definition) is 4. The van der Waals surface area contributed by atoms with E-state index in [0.717, 1.165) is 18.1 Å². The van der Waals surface area contributed by atoms with Crippen LogP contribution in [0.25, 0.3) is 10.9 Å². The molecular formula is C25H36N6O4. The number of aromatic nitrogens is 1. The third-order valence-electron chi connectivity index (χ3n) is 5.04. The van der Waals surface area contributed by atoms with Crippen LogP contribution in [-0.4, -0.2) is 59.9 Å². The van der Waals surface area contributed by atoms with Crippen molar-refractivity contribution in [3.63, 3.8) is 0 Å². The number of guanidine groups is 1. The van der Waals surface area contributed by atoms with Gasteiger partial charge in [0.25, 0.3) is 5.91 Å². The van der Waals surface area contributed by atoms with Gasteiger partial charge in [0.2, 0.25) is 5.96 Å². The molecule has 1 heterocycles. The largest absolute Gasteiger partial charge is 0.344 e. The number of aldehydes is 1. The molecule has 0 radical (unpaired) electrons. The van der Waals surface area contributed by atoms with Gasteiger partial charge in [0.15, 0.2) is 0 Å². The minimum Gasteiger partial charge on any atom is -0.336 e. The molecule has 4 N–H and O–H groups in total. The van der Waals surface area contributed by atoms with E-state index in [0.29, 0.717) is 24.0 Å². The Morgan fingerprint density at radius 3 is 2.57 bits per heavy atom. The van der Waals surface area contributed by atoms with Crippen LogP contribution in [0.2, 0.25) is 0 Å². The van der Waals surface area contributed by atoms with E-state index in [4.69, 9.17) is 5.21 Å². The Kier molecular flexibility index (Phi) is 12.3. The standard InChI is InChI=1S/C24H31N5O3.CH5NO/c1-6-29(5)22(28-23(32)26-16-24(3,4)15-17(2)12-14-30)27-21(31)19-11-7-9-18-10-8-13-25-20(18)19;1-2-3/h6-11,13-14,17H,1,12,15-16H2,2-5H3,(H2,26,27,28,31,32);2-3H,1H3. The third kappa shape index (κ3) is 10.0. The van der Waals surface area contributed by atoms with Crippen LogP contribution in [0.15, 0.2) is 54.3 Å². The second-order valence-electron chi connectivity index (χ2n) is 8.82. The predicted octanol–water partition coefficient (Wildman–Crippen LogP) is 3.34. The van der Waals surface area contributed by atoms with E-state index in [1.807, 2.05) is 32.9 Å². The Hall–Kier alpha value is -3.63. The molecule has 0 fully saturated rings. The van der Waals surface area contributed by atoms with Crippen LogP contribution >= 0.6 is 0 Å². The summed E-state index contributed by atoms with van der Waals surface area (Å²) in [7, 11) is 3.06. The minimum atomic E-state index is -0.582. The van der Waals surface area contributed by atoms with Gasteiger partial charge in [0.1, 0.15) is 6.29 Å². The van der Waals surface area contributed by atoms with E-state index in [2.05, 4.69) is 27.2 Å². The number of nitrogens with one attached hydrogen (secondary N) is 3. The molecule has 0 aliphatic rings. The number of amides is 3. The van der Waals surface area contributed by atoms with E-state index in [-0.39, 0.29) is 17.3 Å². The fourth-order valence-corrected chi connectivity index (χ4v) is 3.45. The number of hydroxylamine groups is 1. The number of benzene rings is 1. The van der Waals surface area contributed by atoms with Crippen LogP contribution in [0.3, 0.4) is 0 Å². The monoisotopic (exact) mass is 484 g/mol. The second-order valence-corrected chi connectivity index (χ2v) is 8.82. The lowest BCUT2D eigenvalue weighted by molar-refractivity contribution is -0.108. The summed E-state index contributed by atoms with van der Waals surface area (Å²) in [5, 5.41) is 13.6. The van der Waals surface area contributed by atoms with Gasteiger partial charge in [-0.25, -0.2) is 10.3 Å². The molecule has 0 aliphatic carbocycles. The van der Waals surface area contributed by atoms with Crippen molar-refractivity contribution in [3.05, 3.63) is 54.9 Å². The van der Waals surface area contributed by atoms with Gasteiger partial charge >= 0.3 is 6.03 Å². The molecule has 1 aromatic carbocycles. The Bertz CT molecular complexity index is 1030. The van der Waals surface area contributed by atoms with Crippen molar-refractivity contribution >= 4 is 35.1 Å². The SMILES string of the molecule is C=CN(C)/C(=N\C(=O)NCC(C)(C)CC(C)CC=O)NC(=O)c1cccc2cccnc12.CNO. The molecule has 0 spiro atoms. The molecule has 10 nitrogen and oxygen atoms in total. The maximum Gasteiger partial charge on any atom is 0.344 e. The highest BCUT2D eigenvalue weighted by Crippen LogP contribution is 2.25. The first-order chi connectivity index (χ1) is 16.6. The van der Waals surface area contributed by atoms with Crippen LogP contribution in [0, 0.1) is 11.3 Å². The first-order valence-electron chi connectivity index (χ1n) is 11.2. The second kappa shape index (κ2) is 14.6. The summed E-state index contributed by atoms with van der Waals surface area (Å²) in [6.45, 7) is 10.1. The molecule has 35 heavy (non-hydrogen) atoms. The van der Waals surface area contributed by atoms with Crippen LogP contribution in [0.4, 0.5) is 4.79 Å². The summed E-state index contributed by atoms with van der Waals surface area (Å²) in [5.41, 5.74) is 2.47. The molecule has 190 valence electrons. The van der Waals surface area contributed by atoms with Crippen LogP contribution in [0.5, 0.6) is 0 Å². The first kappa shape index (κ1) is 29.4. The van der Waals surface area contributed by atoms with Crippen LogP contribution < -0.4 is 16.1 Å². The van der Waals surface area contributed by atoms with Crippen molar-refractivity contribution in [2.75, 3.05) is 20.6 Å². The van der Waals surface area contributed by atoms with E-state index in [1.54, 1.807) is 36.9 Å². The van der Waals surface area contributed by atoms with Crippen LogP contribution in [-0.2, 0) is 4.79 Å². The van der Waals surface area contributed by atoms with Crippen molar-refractivity contribution in [3.8, 4) is 0 Å². The van der Waals surface area contributed by atoms with Gasteiger partial charge in [0, 0.05) is 38.6 Å². The molecule has 1 unspecified atom stereocenters. The molecule has 10 heteroatoms. The Balaban J connectivity index is 0.00000194. The number of fused-ring (bicyclic) bond motifs is 1. The summed E-state index contributed by atoms with van der Waals surface area (Å²) in [6.07, 6.45) is 5.24. The number of rotatable bonds is 8. The zero-order chi connectivity index (χ0) is 26.4. The highest BCUT2D eigenvalue weighted by Gasteiger charge is 2.22. The third-order valence-corrected chi connectivity index (χ3v) is 5.04. The predicted molar refractivity (Wildman–Crippen MR) is 137 cm³/mol. The van der Waals surface area contributed by atoms with E-state index in [9.17, 15) is 14.4 Å². The van der Waals surface area contributed by atoms with Crippen molar-refractivity contribution in [2.45, 2.75) is 33.6 Å². The molecule has 1 aromatic heterocycles. The maximum atomic E-state index is 12.9. The molecule has 0 saturated carbocycles. The average Bonchev–Trinajstić information content (AvgIpc) is 2.81. The van der Waals surface area contributed by atoms with Gasteiger partial charge in [-0.3, -0.25) is 15.1 Å². The summed E-state index contributed by atoms with van der Waals surface area (Å²) < 4.78 is 0. The summed E-state index contributed by atoms with van der Waals surface area (Å²) in [4.78, 5) is 45.9. The quantitative estimate of drug-likeness (QED) is 0.195. The highest BCUT2D eigenvalue weighted by molar-refractivity contribution is 6.13. The Morgan fingerprint density at radius 2 is 1.94 bits per heavy atom. The molecule has 0 aliphatic heterocycles. The summed E-state index contributed by atoms with van der Waals surface area (Å²) in [5.74, 6) is -0.168. The number of nitrogens with zero attached hydrogens (tertiary/aromatic N) is 3. The Labute approximate surface area is 206 Å². The number of hydrogen-bond acceptors (Lipinski definition) is 6. The van der Waals surface area contributed by atoms with Gasteiger partial charge in [-0.15, -0.1) is 0 Å². The molecule has 3 amide bonds. The van der Waals surface area contributed by atoms with E-state index < -0.39 is 11.9 Å². The highest BCUT2D eigenvalue weighted by atomic mass is 16.5. The molecule has 1 atom stereocenters. The number of urea groups is 1. The van der Waals surface area contributed by atoms with Crippen molar-refractivity contribution in [1.82, 2.24) is 26.0 Å². The number of carbonyl (C=O) groups is 3. The van der Waals surface area contributed by atoms with Crippen molar-refractivity contribution in [2.24, 2.45) is 16.3 Å². The smallest absolute Gasteiger partial charge is 0.336 e. The normalized spacial score (nSPS) is 12.1. The summed E-state index contributed by atoms with van der Waals surface area (Å²) in [6, 6.07) is 8.39. The number of aliphatic imine (C=N–C) groups is 1. The molecule has 2 rings (SSSR count). The fraction of sp³-hybridized carbons (Fsp3) is 0.400. The lowest BCUT2D eigenvalue weighted by Gasteiger charge is -2.27. The number of para-hydroxylation sites is 1. The van der Waals surface area contributed by atoms with E-state index >= 15 is 0 Å². The van der Waals surface area contributed by atoms with Crippen molar-refractivity contribution in [1.29, 1.82) is 0 Å². The lowest BCUT2D eigenvalue weighted by atomic mass is 9.82. The van der Waals surface area contributed by atoms with Gasteiger partial charge in [-0.05, 0) is 36.1 Å². The van der Waals surface area contributed by atoms with Gasteiger partial charge in [-0.1, -0.05) is 45.5 Å². The van der Waals surface area contributed by atoms with Crippen molar-refractivity contribution < 1.29 is 19.6 Å². The number of carbonyl (C=O) groups excluding carboxylic acids is 3. The average molecular weight is 485 g/mol.